The molecule has 0 aromatic heterocycles. The molecule has 0 fully saturated rings. The Balaban J connectivity index is 1.94. The smallest absolute Gasteiger partial charge is 0.331 e. The summed E-state index contributed by atoms with van der Waals surface area (Å²) in [6.07, 6.45) is 0. The molecule has 0 N–H and O–H groups in total. The fourth-order valence-electron chi connectivity index (χ4n) is 2.30. The van der Waals surface area contributed by atoms with E-state index in [2.05, 4.69) is 23.1 Å². The number of anilines is 1. The van der Waals surface area contributed by atoms with Crippen molar-refractivity contribution in [1.29, 1.82) is 0 Å². The molecule has 0 radical (unpaired) electrons. The molecule has 0 saturated heterocycles. The Bertz CT molecular complexity index is 607. The molecule has 19 heavy (non-hydrogen) atoms. The molecule has 1 heterocycles. The van der Waals surface area contributed by atoms with Gasteiger partial charge in [0.25, 0.3) is 0 Å². The van der Waals surface area contributed by atoms with Crippen LogP contribution in [-0.2, 0) is 11.3 Å². The van der Waals surface area contributed by atoms with Gasteiger partial charge in [-0.2, -0.15) is 0 Å². The number of carbonyl (C=O) groups excluding carboxylic acids is 1. The van der Waals surface area contributed by atoms with E-state index in [0.29, 0.717) is 18.8 Å². The summed E-state index contributed by atoms with van der Waals surface area (Å²) in [5.74, 6) is 0.449. The SMILES string of the molecule is Cc1ccc2c(c1)N(Cc1ccccc1)CC(=O)O2. The van der Waals surface area contributed by atoms with Crippen molar-refractivity contribution < 1.29 is 9.53 Å². The van der Waals surface area contributed by atoms with E-state index in [1.807, 2.05) is 37.3 Å². The number of ether oxygens (including phenoxy) is 1. The fourth-order valence-corrected chi connectivity index (χ4v) is 2.30. The van der Waals surface area contributed by atoms with Gasteiger partial charge in [0, 0.05) is 6.54 Å². The predicted octanol–water partition coefficient (Wildman–Crippen LogP) is 2.92. The third kappa shape index (κ3) is 2.45. The minimum Gasteiger partial charge on any atom is -0.423 e. The van der Waals surface area contributed by atoms with E-state index < -0.39 is 0 Å². The molecule has 3 rings (SSSR count). The molecule has 1 aliphatic heterocycles. The molecule has 0 amide bonds. The molecule has 0 aliphatic carbocycles. The van der Waals surface area contributed by atoms with Crippen LogP contribution < -0.4 is 9.64 Å². The second-order valence-electron chi connectivity index (χ2n) is 4.79. The van der Waals surface area contributed by atoms with Crippen molar-refractivity contribution in [3.8, 4) is 5.75 Å². The topological polar surface area (TPSA) is 29.5 Å². The van der Waals surface area contributed by atoms with E-state index in [-0.39, 0.29) is 5.97 Å². The number of carbonyl (C=O) groups is 1. The summed E-state index contributed by atoms with van der Waals surface area (Å²) in [5, 5.41) is 0. The van der Waals surface area contributed by atoms with Crippen molar-refractivity contribution in [3.63, 3.8) is 0 Å². The van der Waals surface area contributed by atoms with Crippen LogP contribution >= 0.6 is 0 Å². The molecule has 0 atom stereocenters. The number of aryl methyl sites for hydroxylation is 1. The van der Waals surface area contributed by atoms with Gasteiger partial charge in [0.05, 0.1) is 5.69 Å². The van der Waals surface area contributed by atoms with E-state index in [9.17, 15) is 4.79 Å². The lowest BCUT2D eigenvalue weighted by Gasteiger charge is -2.30. The third-order valence-electron chi connectivity index (χ3n) is 3.22. The first-order valence-corrected chi connectivity index (χ1v) is 6.32. The number of benzene rings is 2. The zero-order valence-electron chi connectivity index (χ0n) is 10.8. The molecule has 0 spiro atoms. The van der Waals surface area contributed by atoms with Gasteiger partial charge in [-0.15, -0.1) is 0 Å². The van der Waals surface area contributed by atoms with E-state index in [1.165, 1.54) is 5.56 Å². The Morgan fingerprint density at radius 3 is 2.74 bits per heavy atom. The zero-order chi connectivity index (χ0) is 13.2. The lowest BCUT2D eigenvalue weighted by molar-refractivity contribution is -0.133. The van der Waals surface area contributed by atoms with Gasteiger partial charge < -0.3 is 9.64 Å². The summed E-state index contributed by atoms with van der Waals surface area (Å²) in [4.78, 5) is 13.7. The van der Waals surface area contributed by atoms with Crippen LogP contribution in [0.4, 0.5) is 5.69 Å². The maximum atomic E-state index is 11.6. The summed E-state index contributed by atoms with van der Waals surface area (Å²) in [6, 6.07) is 16.0. The zero-order valence-corrected chi connectivity index (χ0v) is 10.8. The van der Waals surface area contributed by atoms with Gasteiger partial charge in [0.15, 0.2) is 5.75 Å². The van der Waals surface area contributed by atoms with Crippen LogP contribution in [0, 0.1) is 6.92 Å². The van der Waals surface area contributed by atoms with Crippen molar-refractivity contribution in [3.05, 3.63) is 59.7 Å². The van der Waals surface area contributed by atoms with Crippen molar-refractivity contribution in [2.75, 3.05) is 11.4 Å². The number of nitrogens with zero attached hydrogens (tertiary/aromatic N) is 1. The van der Waals surface area contributed by atoms with Crippen molar-refractivity contribution in [1.82, 2.24) is 0 Å². The average Bonchev–Trinajstić information content (AvgIpc) is 2.41. The van der Waals surface area contributed by atoms with Crippen LogP contribution in [0.2, 0.25) is 0 Å². The van der Waals surface area contributed by atoms with E-state index in [0.717, 1.165) is 11.3 Å². The molecule has 0 saturated carbocycles. The summed E-state index contributed by atoms with van der Waals surface area (Å²) in [6.45, 7) is 3.05. The van der Waals surface area contributed by atoms with Crippen LogP contribution in [0.1, 0.15) is 11.1 Å². The standard InChI is InChI=1S/C16H15NO2/c1-12-7-8-15-14(9-12)17(11-16(18)19-15)10-13-5-3-2-4-6-13/h2-9H,10-11H2,1H3. The Hall–Kier alpha value is -2.29. The molecule has 3 nitrogen and oxygen atoms in total. The Kier molecular flexibility index (Phi) is 2.95. The minimum atomic E-state index is -0.202. The van der Waals surface area contributed by atoms with Crippen LogP contribution in [-0.4, -0.2) is 12.5 Å². The highest BCUT2D eigenvalue weighted by Gasteiger charge is 2.23. The first-order valence-electron chi connectivity index (χ1n) is 6.32. The molecule has 0 unspecified atom stereocenters. The maximum Gasteiger partial charge on any atom is 0.331 e. The summed E-state index contributed by atoms with van der Waals surface area (Å²) >= 11 is 0. The maximum absolute atomic E-state index is 11.6. The normalized spacial score (nSPS) is 13.9. The van der Waals surface area contributed by atoms with Gasteiger partial charge in [0.2, 0.25) is 0 Å². The van der Waals surface area contributed by atoms with E-state index in [1.54, 1.807) is 0 Å². The second kappa shape index (κ2) is 4.76. The van der Waals surface area contributed by atoms with Gasteiger partial charge in [-0.3, -0.25) is 0 Å². The first-order chi connectivity index (χ1) is 9.22. The highest BCUT2D eigenvalue weighted by atomic mass is 16.5. The number of hydrogen-bond acceptors (Lipinski definition) is 3. The van der Waals surface area contributed by atoms with Crippen LogP contribution in [0.5, 0.6) is 5.75 Å². The highest BCUT2D eigenvalue weighted by Crippen LogP contribution is 2.33. The van der Waals surface area contributed by atoms with Crippen molar-refractivity contribution in [2.45, 2.75) is 13.5 Å². The van der Waals surface area contributed by atoms with Crippen LogP contribution in [0.25, 0.3) is 0 Å². The molecule has 96 valence electrons. The number of hydrogen-bond donors (Lipinski definition) is 0. The predicted molar refractivity (Wildman–Crippen MR) is 74.3 cm³/mol. The van der Waals surface area contributed by atoms with Crippen LogP contribution in [0.3, 0.4) is 0 Å². The number of fused-ring (bicyclic) bond motifs is 1. The molecule has 0 bridgehead atoms. The first kappa shape index (κ1) is 11.8. The quantitative estimate of drug-likeness (QED) is 0.609. The van der Waals surface area contributed by atoms with E-state index in [4.69, 9.17) is 4.74 Å². The van der Waals surface area contributed by atoms with Gasteiger partial charge >= 0.3 is 5.97 Å². The summed E-state index contributed by atoms with van der Waals surface area (Å²) in [7, 11) is 0. The Morgan fingerprint density at radius 2 is 1.95 bits per heavy atom. The molecular weight excluding hydrogens is 238 g/mol. The van der Waals surface area contributed by atoms with Crippen molar-refractivity contribution in [2.24, 2.45) is 0 Å². The lowest BCUT2D eigenvalue weighted by atomic mass is 10.1. The molecule has 2 aromatic rings. The van der Waals surface area contributed by atoms with Gasteiger partial charge in [-0.25, -0.2) is 4.79 Å². The van der Waals surface area contributed by atoms with Crippen LogP contribution in [0.15, 0.2) is 48.5 Å². The minimum absolute atomic E-state index is 0.202. The average molecular weight is 253 g/mol. The molecule has 1 aliphatic rings. The largest absolute Gasteiger partial charge is 0.423 e. The molecule has 2 aromatic carbocycles. The molecular formula is C16H15NO2. The van der Waals surface area contributed by atoms with E-state index >= 15 is 0 Å². The summed E-state index contributed by atoms with van der Waals surface area (Å²) in [5.41, 5.74) is 3.34. The number of rotatable bonds is 2. The van der Waals surface area contributed by atoms with Gasteiger partial charge in [-0.05, 0) is 30.2 Å². The Labute approximate surface area is 112 Å². The Morgan fingerprint density at radius 1 is 1.16 bits per heavy atom. The van der Waals surface area contributed by atoms with Gasteiger partial charge in [0.1, 0.15) is 6.54 Å². The monoisotopic (exact) mass is 253 g/mol. The third-order valence-corrected chi connectivity index (χ3v) is 3.22. The number of esters is 1. The summed E-state index contributed by atoms with van der Waals surface area (Å²) < 4.78 is 5.27. The lowest BCUT2D eigenvalue weighted by Crippen LogP contribution is -2.36. The highest BCUT2D eigenvalue weighted by molar-refractivity contribution is 5.84. The second-order valence-corrected chi connectivity index (χ2v) is 4.79. The molecule has 3 heteroatoms. The fraction of sp³-hybridized carbons (Fsp3) is 0.188. The van der Waals surface area contributed by atoms with Crippen molar-refractivity contribution >= 4 is 11.7 Å². The van der Waals surface area contributed by atoms with Gasteiger partial charge in [-0.1, -0.05) is 36.4 Å².